The van der Waals surface area contributed by atoms with Gasteiger partial charge in [0.1, 0.15) is 0 Å². The molecule has 0 aromatic rings. The largest absolute Gasteiger partial charge is 0.438 e. The second-order valence-corrected chi connectivity index (χ2v) is 1.21. The summed E-state index contributed by atoms with van der Waals surface area (Å²) >= 11 is 4.83. The van der Waals surface area contributed by atoms with Crippen molar-refractivity contribution in [3.8, 4) is 0 Å². The first-order valence-electron chi connectivity index (χ1n) is 1.05. The third-order valence-electron chi connectivity index (χ3n) is 0. The lowest BCUT2D eigenvalue weighted by Crippen LogP contribution is -1.88. The van der Waals surface area contributed by atoms with Gasteiger partial charge in [0.2, 0.25) is 0 Å². The molecule has 0 bridgehead atoms. The van der Waals surface area contributed by atoms with E-state index in [1.807, 2.05) is 0 Å². The molecule has 0 aromatic heterocycles. The predicted molar refractivity (Wildman–Crippen MR) is 19.7 cm³/mol. The Kier molecular flexibility index (Phi) is 1.74. The Labute approximate surface area is 30.6 Å². The van der Waals surface area contributed by atoms with Gasteiger partial charge in [0.15, 0.2) is 0 Å². The number of rotatable bonds is 0. The van der Waals surface area contributed by atoms with Crippen LogP contribution in [0, 0.1) is 0 Å². The van der Waals surface area contributed by atoms with Gasteiger partial charge >= 0.3 is 6.33 Å². The summed E-state index contributed by atoms with van der Waals surface area (Å²) in [5, 5.41) is 7.82. The van der Waals surface area contributed by atoms with E-state index in [2.05, 4.69) is 0 Å². The Morgan fingerprint density at radius 2 is 2.00 bits per heavy atom. The van der Waals surface area contributed by atoms with E-state index in [0.29, 0.717) is 0 Å². The van der Waals surface area contributed by atoms with Crippen LogP contribution in [-0.4, -0.2) is 11.4 Å². The Balaban J connectivity index is 2.32. The van der Waals surface area contributed by atoms with Crippen LogP contribution in [0.25, 0.3) is 0 Å². The highest BCUT2D eigenvalue weighted by Gasteiger charge is 1.85. The van der Waals surface area contributed by atoms with Crippen molar-refractivity contribution in [3.05, 3.63) is 0 Å². The molecule has 0 aromatic carbocycles. The lowest BCUT2D eigenvalue weighted by molar-refractivity contribution is 0.601. The first-order chi connectivity index (χ1) is 1.73. The van der Waals surface area contributed by atoms with Crippen LogP contribution in [0.1, 0.15) is 0 Å². The second kappa shape index (κ2) is 1.62. The molecule has 24 valence electrons. The molecule has 0 amide bonds. The molecule has 0 spiro atoms. The summed E-state index contributed by atoms with van der Waals surface area (Å²) < 4.78 is 0. The molecular formula is CH4BClO. The molecule has 0 saturated carbocycles. The van der Waals surface area contributed by atoms with E-state index in [0.717, 1.165) is 0 Å². The minimum atomic E-state index is -0.694. The van der Waals surface area contributed by atoms with Crippen LogP contribution in [0.2, 0.25) is 6.82 Å². The van der Waals surface area contributed by atoms with Gasteiger partial charge in [0.05, 0.1) is 0 Å². The van der Waals surface area contributed by atoms with Crippen molar-refractivity contribution in [1.82, 2.24) is 0 Å². The van der Waals surface area contributed by atoms with Gasteiger partial charge in [-0.2, -0.15) is 11.5 Å². The molecule has 1 N–H and O–H groups in total. The zero-order valence-corrected chi connectivity index (χ0v) is 3.16. The molecule has 0 radical (unpaired) electrons. The van der Waals surface area contributed by atoms with Gasteiger partial charge in [-0.15, -0.1) is 0 Å². The van der Waals surface area contributed by atoms with E-state index in [1.54, 1.807) is 0 Å². The summed E-state index contributed by atoms with van der Waals surface area (Å²) in [5.74, 6) is 0. The lowest BCUT2D eigenvalue weighted by Gasteiger charge is -1.68. The van der Waals surface area contributed by atoms with Crippen LogP contribution < -0.4 is 0 Å². The average Bonchev–Trinajstić information content (AvgIpc) is 0.811. The summed E-state index contributed by atoms with van der Waals surface area (Å²) in [5.41, 5.74) is 0. The quantitative estimate of drug-likeness (QED) is 0.414. The van der Waals surface area contributed by atoms with Gasteiger partial charge in [-0.3, -0.25) is 0 Å². The van der Waals surface area contributed by atoms with Crippen molar-refractivity contribution >= 4 is 17.8 Å². The summed E-state index contributed by atoms with van der Waals surface area (Å²) in [7, 11) is 0. The molecule has 0 rings (SSSR count). The fourth-order valence-corrected chi connectivity index (χ4v) is 0. The normalized spacial score (nSPS) is 6.75. The van der Waals surface area contributed by atoms with Crippen molar-refractivity contribution in [3.63, 3.8) is 0 Å². The molecule has 0 aliphatic rings. The monoisotopic (exact) mass is 78.0 g/mol. The van der Waals surface area contributed by atoms with E-state index in [4.69, 9.17) is 16.5 Å². The molecule has 0 saturated heterocycles. The second-order valence-electron chi connectivity index (χ2n) is 0.574. The first kappa shape index (κ1) is 4.31. The Morgan fingerprint density at radius 1 is 2.00 bits per heavy atom. The van der Waals surface area contributed by atoms with Gasteiger partial charge < -0.3 is 5.02 Å². The van der Waals surface area contributed by atoms with E-state index < -0.39 is 6.33 Å². The lowest BCUT2D eigenvalue weighted by atomic mass is 10.1. The van der Waals surface area contributed by atoms with E-state index in [-0.39, 0.29) is 0 Å². The smallest absolute Gasteiger partial charge is 0.392 e. The van der Waals surface area contributed by atoms with Crippen molar-refractivity contribution < 1.29 is 5.02 Å². The maximum Gasteiger partial charge on any atom is 0.392 e. The molecule has 3 heteroatoms. The van der Waals surface area contributed by atoms with Crippen LogP contribution >= 0.6 is 11.5 Å². The third-order valence-corrected chi connectivity index (χ3v) is 0. The van der Waals surface area contributed by atoms with Crippen molar-refractivity contribution in [2.75, 3.05) is 0 Å². The van der Waals surface area contributed by atoms with Crippen molar-refractivity contribution in [2.24, 2.45) is 0 Å². The van der Waals surface area contributed by atoms with Crippen LogP contribution in [0.5, 0.6) is 0 Å². The average molecular weight is 78.3 g/mol. The zero-order valence-electron chi connectivity index (χ0n) is 2.40. The highest BCUT2D eigenvalue weighted by Crippen LogP contribution is 1.73. The first-order valence-corrected chi connectivity index (χ1v) is 1.49. The summed E-state index contributed by atoms with van der Waals surface area (Å²) in [6.45, 7) is 1.49. The Bertz CT molecular complexity index is 12.8. The number of halogens is 1. The summed E-state index contributed by atoms with van der Waals surface area (Å²) in [4.78, 5) is 0. The topological polar surface area (TPSA) is 20.2 Å². The highest BCUT2D eigenvalue weighted by molar-refractivity contribution is 7.01. The fraction of sp³-hybridized carbons (Fsp3) is 1.00. The van der Waals surface area contributed by atoms with Gasteiger partial charge in [-0.25, -0.2) is 0 Å². The Hall–Kier alpha value is 0.315. The minimum absolute atomic E-state index is 0.694. The van der Waals surface area contributed by atoms with Crippen molar-refractivity contribution in [1.29, 1.82) is 0 Å². The summed E-state index contributed by atoms with van der Waals surface area (Å²) in [6, 6.07) is 0. The van der Waals surface area contributed by atoms with Crippen LogP contribution in [0.4, 0.5) is 0 Å². The van der Waals surface area contributed by atoms with Crippen LogP contribution in [0.15, 0.2) is 0 Å². The van der Waals surface area contributed by atoms with E-state index in [1.165, 1.54) is 6.82 Å². The maximum atomic E-state index is 7.82. The molecule has 0 unspecified atom stereocenters. The number of hydrogen-bond acceptors (Lipinski definition) is 1. The molecule has 1 nitrogen and oxygen atoms in total. The van der Waals surface area contributed by atoms with Crippen molar-refractivity contribution in [2.45, 2.75) is 6.82 Å². The fourth-order valence-electron chi connectivity index (χ4n) is 0. The van der Waals surface area contributed by atoms with Crippen LogP contribution in [-0.2, 0) is 0 Å². The van der Waals surface area contributed by atoms with Crippen LogP contribution in [0.3, 0.4) is 0 Å². The zero-order chi connectivity index (χ0) is 3.58. The standard InChI is InChI=1S/CH4BClO/c1-2(3)4/h4H,1H3. The SMILES string of the molecule is CB(O)Cl. The molecule has 0 fully saturated rings. The summed E-state index contributed by atoms with van der Waals surface area (Å²) in [6.07, 6.45) is -0.694. The van der Waals surface area contributed by atoms with E-state index >= 15 is 0 Å². The molecule has 0 aliphatic carbocycles. The predicted octanol–water partition coefficient (Wildman–Crippen LogP) is 0.335. The minimum Gasteiger partial charge on any atom is -0.438 e. The van der Waals surface area contributed by atoms with E-state index in [9.17, 15) is 0 Å². The van der Waals surface area contributed by atoms with Gasteiger partial charge in [-0.05, 0) is 6.82 Å². The van der Waals surface area contributed by atoms with Gasteiger partial charge in [0.25, 0.3) is 0 Å². The highest BCUT2D eigenvalue weighted by atomic mass is 35.5. The maximum absolute atomic E-state index is 7.82. The molecular weight excluding hydrogens is 74.3 g/mol. The molecule has 0 atom stereocenters. The Morgan fingerprint density at radius 3 is 2.00 bits per heavy atom. The van der Waals surface area contributed by atoms with Gasteiger partial charge in [0, 0.05) is 0 Å². The van der Waals surface area contributed by atoms with Gasteiger partial charge in [-0.1, -0.05) is 0 Å². The molecule has 0 aliphatic heterocycles. The molecule has 0 heterocycles. The number of hydrogen-bond donors (Lipinski definition) is 1. The molecule has 4 heavy (non-hydrogen) atoms. The third kappa shape index (κ3) is 40.4.